The molecule has 0 aliphatic heterocycles. The van der Waals surface area contributed by atoms with E-state index in [0.29, 0.717) is 17.5 Å². The van der Waals surface area contributed by atoms with Gasteiger partial charge in [-0.3, -0.25) is 0 Å². The Balaban J connectivity index is 0.959. The van der Waals surface area contributed by atoms with Crippen molar-refractivity contribution in [3.05, 3.63) is 231 Å². The van der Waals surface area contributed by atoms with Gasteiger partial charge in [0.15, 0.2) is 17.5 Å². The third kappa shape index (κ3) is 6.38. The van der Waals surface area contributed by atoms with Crippen molar-refractivity contribution in [3.8, 4) is 73.2 Å². The molecule has 10 aromatic carbocycles. The zero-order chi connectivity index (χ0) is 45.4. The van der Waals surface area contributed by atoms with E-state index in [2.05, 4.69) is 180 Å². The third-order valence-corrected chi connectivity index (χ3v) is 13.5. The van der Waals surface area contributed by atoms with Gasteiger partial charge in [-0.05, 0) is 82.4 Å². The highest BCUT2D eigenvalue weighted by Gasteiger charge is 2.24. The van der Waals surface area contributed by atoms with E-state index in [-0.39, 0.29) is 0 Å². The van der Waals surface area contributed by atoms with Gasteiger partial charge in [0.2, 0.25) is 0 Å². The first kappa shape index (κ1) is 38.8. The summed E-state index contributed by atoms with van der Waals surface area (Å²) in [4.78, 5) is 15.4. The maximum atomic E-state index is 6.83. The van der Waals surface area contributed by atoms with Gasteiger partial charge < -0.3 is 13.4 Å². The summed E-state index contributed by atoms with van der Waals surface area (Å²) in [7, 11) is 0. The smallest absolute Gasteiger partial charge is 0.164 e. The van der Waals surface area contributed by atoms with Gasteiger partial charge in [-0.25, -0.2) is 15.0 Å². The number of hydrogen-bond acceptors (Lipinski definition) is 5. The second kappa shape index (κ2) is 15.6. The van der Waals surface area contributed by atoms with Crippen molar-refractivity contribution in [2.45, 2.75) is 0 Å². The lowest BCUT2D eigenvalue weighted by molar-refractivity contribution is 0.669. The van der Waals surface area contributed by atoms with Crippen molar-refractivity contribution < 1.29 is 8.83 Å². The number of furan rings is 2. The standard InChI is InChI=1S/C63H38N4O2/c1-4-15-39(16-5-1)41-27-29-43(30-28-41)62-64-61(42-19-8-3-9-20-42)65-63(66-62)50-23-14-26-55-58(50)49-33-31-45(38-57(49)69-55)46-34-36-56-59(48-22-11-13-25-54(48)68-56)60(46)67-52-24-12-10-21-47(52)51-37-44(32-35-53(51)67)40-17-6-2-7-18-40/h1-38H. The summed E-state index contributed by atoms with van der Waals surface area (Å²) in [6.07, 6.45) is 0. The van der Waals surface area contributed by atoms with Crippen LogP contribution in [0.15, 0.2) is 239 Å². The topological polar surface area (TPSA) is 69.9 Å². The zero-order valence-electron chi connectivity index (χ0n) is 37.0. The number of aromatic nitrogens is 4. The average molecular weight is 883 g/mol. The van der Waals surface area contributed by atoms with Gasteiger partial charge >= 0.3 is 0 Å². The Hall–Kier alpha value is -9.39. The first-order valence-electron chi connectivity index (χ1n) is 23.2. The maximum Gasteiger partial charge on any atom is 0.164 e. The number of rotatable bonds is 7. The molecule has 69 heavy (non-hydrogen) atoms. The van der Waals surface area contributed by atoms with Crippen LogP contribution in [0.1, 0.15) is 0 Å². The third-order valence-electron chi connectivity index (χ3n) is 13.5. The Morgan fingerprint density at radius 3 is 1.57 bits per heavy atom. The SMILES string of the molecule is c1ccc(-c2ccc(-c3nc(-c4ccccc4)nc(-c4cccc5oc6cc(-c7ccc8oc9ccccc9c8c7-n7c8ccccc8c8cc(-c9ccccc9)ccc87)ccc6c45)n3)cc2)cc1. The fourth-order valence-electron chi connectivity index (χ4n) is 10.3. The lowest BCUT2D eigenvalue weighted by Crippen LogP contribution is -2.00. The molecule has 0 fully saturated rings. The van der Waals surface area contributed by atoms with Crippen LogP contribution in [-0.4, -0.2) is 19.5 Å². The Bertz CT molecular complexity index is 4290. The van der Waals surface area contributed by atoms with E-state index in [1.807, 2.05) is 54.6 Å². The Kier molecular flexibility index (Phi) is 8.79. The van der Waals surface area contributed by atoms with E-state index >= 15 is 0 Å². The summed E-state index contributed by atoms with van der Waals surface area (Å²) >= 11 is 0. The summed E-state index contributed by atoms with van der Waals surface area (Å²) in [6, 6.07) is 80.4. The van der Waals surface area contributed by atoms with E-state index < -0.39 is 0 Å². The summed E-state index contributed by atoms with van der Waals surface area (Å²) in [5.74, 6) is 1.78. The minimum atomic E-state index is 0.574. The van der Waals surface area contributed by atoms with Crippen molar-refractivity contribution >= 4 is 65.7 Å². The van der Waals surface area contributed by atoms with Crippen LogP contribution in [0.4, 0.5) is 0 Å². The predicted octanol–water partition coefficient (Wildman–Crippen LogP) is 16.8. The molecular weight excluding hydrogens is 845 g/mol. The van der Waals surface area contributed by atoms with E-state index in [9.17, 15) is 0 Å². The normalized spacial score (nSPS) is 11.8. The predicted molar refractivity (Wildman–Crippen MR) is 281 cm³/mol. The molecule has 14 aromatic rings. The van der Waals surface area contributed by atoms with E-state index in [4.69, 9.17) is 23.8 Å². The van der Waals surface area contributed by atoms with Crippen molar-refractivity contribution in [1.29, 1.82) is 0 Å². The van der Waals surface area contributed by atoms with Gasteiger partial charge in [-0.15, -0.1) is 0 Å². The van der Waals surface area contributed by atoms with E-state index in [0.717, 1.165) is 99.5 Å². The molecule has 4 heterocycles. The first-order chi connectivity index (χ1) is 34.2. The minimum Gasteiger partial charge on any atom is -0.456 e. The second-order valence-electron chi connectivity index (χ2n) is 17.5. The largest absolute Gasteiger partial charge is 0.456 e. The molecule has 0 saturated heterocycles. The highest BCUT2D eigenvalue weighted by molar-refractivity contribution is 6.18. The number of hydrogen-bond donors (Lipinski definition) is 0. The van der Waals surface area contributed by atoms with E-state index in [1.54, 1.807) is 0 Å². The highest BCUT2D eigenvalue weighted by atomic mass is 16.3. The van der Waals surface area contributed by atoms with Crippen LogP contribution in [0.3, 0.4) is 0 Å². The quantitative estimate of drug-likeness (QED) is 0.159. The van der Waals surface area contributed by atoms with Crippen LogP contribution < -0.4 is 0 Å². The molecule has 0 amide bonds. The summed E-state index contributed by atoms with van der Waals surface area (Å²) in [6.45, 7) is 0. The molecule has 0 unspecified atom stereocenters. The molecule has 0 atom stereocenters. The van der Waals surface area contributed by atoms with Gasteiger partial charge in [0.1, 0.15) is 22.3 Å². The number of benzene rings is 10. The van der Waals surface area contributed by atoms with Crippen LogP contribution in [0.2, 0.25) is 0 Å². The van der Waals surface area contributed by atoms with Crippen LogP contribution in [0.5, 0.6) is 0 Å². The fraction of sp³-hybridized carbons (Fsp3) is 0. The zero-order valence-corrected chi connectivity index (χ0v) is 37.0. The minimum absolute atomic E-state index is 0.574. The number of nitrogens with zero attached hydrogens (tertiary/aromatic N) is 4. The molecule has 0 aliphatic carbocycles. The van der Waals surface area contributed by atoms with E-state index in [1.165, 1.54) is 21.9 Å². The molecule has 0 spiro atoms. The summed E-state index contributed by atoms with van der Waals surface area (Å²) < 4.78 is 15.9. The maximum absolute atomic E-state index is 6.83. The molecule has 322 valence electrons. The second-order valence-corrected chi connectivity index (χ2v) is 17.5. The van der Waals surface area contributed by atoms with Crippen molar-refractivity contribution in [1.82, 2.24) is 19.5 Å². The van der Waals surface area contributed by atoms with Gasteiger partial charge in [-0.2, -0.15) is 0 Å². The number of fused-ring (bicyclic) bond motifs is 9. The van der Waals surface area contributed by atoms with Crippen LogP contribution in [-0.2, 0) is 0 Å². The van der Waals surface area contributed by atoms with Crippen molar-refractivity contribution in [2.24, 2.45) is 0 Å². The Labute approximate surface area is 396 Å². The molecule has 0 radical (unpaired) electrons. The van der Waals surface area contributed by atoms with Crippen LogP contribution in [0.25, 0.3) is 139 Å². The molecule has 6 nitrogen and oxygen atoms in total. The van der Waals surface area contributed by atoms with Gasteiger partial charge in [-0.1, -0.05) is 176 Å². The van der Waals surface area contributed by atoms with Gasteiger partial charge in [0.05, 0.1) is 22.1 Å². The average Bonchev–Trinajstić information content (AvgIpc) is 4.10. The van der Waals surface area contributed by atoms with Crippen LogP contribution >= 0.6 is 0 Å². The monoisotopic (exact) mass is 882 g/mol. The lowest BCUT2D eigenvalue weighted by Gasteiger charge is -2.16. The van der Waals surface area contributed by atoms with Crippen molar-refractivity contribution in [3.63, 3.8) is 0 Å². The Morgan fingerprint density at radius 2 is 0.797 bits per heavy atom. The molecular formula is C63H38N4O2. The van der Waals surface area contributed by atoms with Crippen LogP contribution in [0, 0.1) is 0 Å². The highest BCUT2D eigenvalue weighted by Crippen LogP contribution is 2.46. The summed E-state index contributed by atoms with van der Waals surface area (Å²) in [5.41, 5.74) is 15.9. The Morgan fingerprint density at radius 1 is 0.275 bits per heavy atom. The summed E-state index contributed by atoms with van der Waals surface area (Å²) in [5, 5.41) is 6.40. The first-order valence-corrected chi connectivity index (χ1v) is 23.2. The molecule has 6 heteroatoms. The van der Waals surface area contributed by atoms with Crippen molar-refractivity contribution in [2.75, 3.05) is 0 Å². The van der Waals surface area contributed by atoms with Gasteiger partial charge in [0.25, 0.3) is 0 Å². The molecule has 0 saturated carbocycles. The number of para-hydroxylation sites is 2. The molecule has 0 bridgehead atoms. The molecule has 14 rings (SSSR count). The fourth-order valence-corrected chi connectivity index (χ4v) is 10.3. The molecule has 4 aromatic heterocycles. The van der Waals surface area contributed by atoms with Gasteiger partial charge in [0, 0.05) is 49.2 Å². The molecule has 0 N–H and O–H groups in total. The molecule has 0 aliphatic rings. The lowest BCUT2D eigenvalue weighted by atomic mass is 9.97.